The van der Waals surface area contributed by atoms with Crippen molar-refractivity contribution >= 4 is 34.4 Å². The molecule has 2 rings (SSSR count). The zero-order valence-electron chi connectivity index (χ0n) is 12.6. The SMILES string of the molecule is BC(c1c[nH]c2cccc(OP(=O)(O)O)c12)C(B)N(C)C. The van der Waals surface area contributed by atoms with Gasteiger partial charge < -0.3 is 14.4 Å². The summed E-state index contributed by atoms with van der Waals surface area (Å²) >= 11 is 0. The number of likely N-dealkylation sites (N-methyl/N-ethyl adjacent to an activating group) is 1. The van der Waals surface area contributed by atoms with Crippen LogP contribution in [0.15, 0.2) is 24.4 Å². The van der Waals surface area contributed by atoms with Crippen LogP contribution < -0.4 is 4.52 Å². The quantitative estimate of drug-likeness (QED) is 0.528. The van der Waals surface area contributed by atoms with E-state index in [4.69, 9.17) is 14.3 Å². The van der Waals surface area contributed by atoms with Crippen molar-refractivity contribution in [1.29, 1.82) is 0 Å². The van der Waals surface area contributed by atoms with Gasteiger partial charge in [0.15, 0.2) is 0 Å². The highest BCUT2D eigenvalue weighted by Crippen LogP contribution is 2.42. The number of phosphoric acid groups is 1. The highest BCUT2D eigenvalue weighted by atomic mass is 31.2. The number of aromatic amines is 1. The molecule has 9 heteroatoms. The average Bonchev–Trinajstić information content (AvgIpc) is 2.80. The first-order valence-corrected chi connectivity index (χ1v) is 8.25. The predicted octanol–water partition coefficient (Wildman–Crippen LogP) is -0.166. The van der Waals surface area contributed by atoms with E-state index >= 15 is 0 Å². The molecule has 2 aromatic rings. The molecule has 0 saturated carbocycles. The molecule has 0 radical (unpaired) electrons. The van der Waals surface area contributed by atoms with Crippen molar-refractivity contribution in [1.82, 2.24) is 9.88 Å². The van der Waals surface area contributed by atoms with Crippen LogP contribution in [0, 0.1) is 0 Å². The summed E-state index contributed by atoms with van der Waals surface area (Å²) in [5.41, 5.74) is 1.78. The number of fused-ring (bicyclic) bond motifs is 1. The summed E-state index contributed by atoms with van der Waals surface area (Å²) in [6.07, 6.45) is 1.88. The summed E-state index contributed by atoms with van der Waals surface area (Å²) in [4.78, 5) is 23.4. The average molecular weight is 308 g/mol. The first kappa shape index (κ1) is 16.2. The topological polar surface area (TPSA) is 85.8 Å². The Hall–Kier alpha value is -1.20. The van der Waals surface area contributed by atoms with E-state index in [1.54, 1.807) is 12.1 Å². The molecule has 0 aliphatic rings. The number of H-pyrrole nitrogens is 1. The van der Waals surface area contributed by atoms with Crippen molar-refractivity contribution in [3.05, 3.63) is 30.0 Å². The molecule has 1 aromatic carbocycles. The van der Waals surface area contributed by atoms with Crippen molar-refractivity contribution in [2.45, 2.75) is 11.8 Å². The Kier molecular flexibility index (Phi) is 4.54. The first-order chi connectivity index (χ1) is 9.70. The van der Waals surface area contributed by atoms with Gasteiger partial charge in [-0.15, -0.1) is 0 Å². The standard InChI is InChI=1S/C12H19B2N2O4P/c1-16(2)12(14)11(13)7-6-15-8-4-3-5-9(10(7)8)20-21(17,18)19/h3-6,11-12,15H,13-14H2,1-2H3,(H2,17,18,19). The zero-order valence-corrected chi connectivity index (χ0v) is 13.5. The van der Waals surface area contributed by atoms with E-state index in [0.29, 0.717) is 0 Å². The van der Waals surface area contributed by atoms with Crippen LogP contribution in [0.2, 0.25) is 0 Å². The lowest BCUT2D eigenvalue weighted by atomic mass is 9.67. The van der Waals surface area contributed by atoms with Crippen molar-refractivity contribution in [3.63, 3.8) is 0 Å². The molecule has 0 amide bonds. The molecule has 0 saturated heterocycles. The van der Waals surface area contributed by atoms with E-state index in [2.05, 4.69) is 25.6 Å². The molecule has 2 unspecified atom stereocenters. The number of hydrogen-bond acceptors (Lipinski definition) is 3. The van der Waals surface area contributed by atoms with E-state index < -0.39 is 7.82 Å². The van der Waals surface area contributed by atoms with Gasteiger partial charge in [-0.25, -0.2) is 4.57 Å². The molecule has 1 heterocycles. The van der Waals surface area contributed by atoms with Gasteiger partial charge in [0.1, 0.15) is 21.4 Å². The fraction of sp³-hybridized carbons (Fsp3) is 0.333. The van der Waals surface area contributed by atoms with E-state index in [-0.39, 0.29) is 17.5 Å². The molecule has 0 fully saturated rings. The number of nitrogens with zero attached hydrogens (tertiary/aromatic N) is 1. The lowest BCUT2D eigenvalue weighted by molar-refractivity contribution is 0.284. The number of aromatic nitrogens is 1. The Morgan fingerprint density at radius 3 is 2.57 bits per heavy atom. The van der Waals surface area contributed by atoms with E-state index in [1.807, 2.05) is 26.4 Å². The van der Waals surface area contributed by atoms with Gasteiger partial charge in [0, 0.05) is 17.1 Å². The summed E-state index contributed by atoms with van der Waals surface area (Å²) in [5.74, 6) is 0.650. The Bertz CT molecular complexity index is 685. The van der Waals surface area contributed by atoms with E-state index in [9.17, 15) is 4.57 Å². The molecule has 112 valence electrons. The Labute approximate surface area is 125 Å². The number of hydrogen-bond donors (Lipinski definition) is 3. The van der Waals surface area contributed by atoms with Crippen molar-refractivity contribution < 1.29 is 18.9 Å². The number of benzene rings is 1. The predicted molar refractivity (Wildman–Crippen MR) is 88.3 cm³/mol. The summed E-state index contributed by atoms with van der Waals surface area (Å²) in [7, 11) is 3.61. The molecule has 3 N–H and O–H groups in total. The second kappa shape index (κ2) is 5.89. The molecule has 1 aromatic heterocycles. The maximum Gasteiger partial charge on any atom is 0.524 e. The smallest absolute Gasteiger partial charge is 0.404 e. The van der Waals surface area contributed by atoms with Gasteiger partial charge >= 0.3 is 7.82 Å². The molecule has 21 heavy (non-hydrogen) atoms. The fourth-order valence-corrected chi connectivity index (χ4v) is 2.86. The molecule has 0 aliphatic heterocycles. The lowest BCUT2D eigenvalue weighted by Gasteiger charge is -2.27. The highest BCUT2D eigenvalue weighted by molar-refractivity contribution is 7.46. The summed E-state index contributed by atoms with van der Waals surface area (Å²) in [6, 6.07) is 5.14. The largest absolute Gasteiger partial charge is 0.524 e. The van der Waals surface area contributed by atoms with Gasteiger partial charge in [-0.3, -0.25) is 9.79 Å². The molecular formula is C12H19B2N2O4P. The Morgan fingerprint density at radius 2 is 2.00 bits per heavy atom. The van der Waals surface area contributed by atoms with Crippen LogP contribution in [0.5, 0.6) is 5.75 Å². The third-order valence-electron chi connectivity index (χ3n) is 3.94. The van der Waals surface area contributed by atoms with Gasteiger partial charge in [-0.05, 0) is 43.5 Å². The van der Waals surface area contributed by atoms with Crippen LogP contribution in [-0.2, 0) is 4.57 Å². The molecule has 2 atom stereocenters. The van der Waals surface area contributed by atoms with Gasteiger partial charge in [-0.1, -0.05) is 6.07 Å². The van der Waals surface area contributed by atoms with Crippen LogP contribution >= 0.6 is 7.82 Å². The van der Waals surface area contributed by atoms with Crippen molar-refractivity contribution in [3.8, 4) is 5.75 Å². The highest BCUT2D eigenvalue weighted by Gasteiger charge is 2.24. The van der Waals surface area contributed by atoms with E-state index in [1.165, 1.54) is 0 Å². The summed E-state index contributed by atoms with van der Waals surface area (Å²) < 4.78 is 16.0. The molecule has 0 bridgehead atoms. The van der Waals surface area contributed by atoms with Crippen LogP contribution in [0.25, 0.3) is 10.9 Å². The van der Waals surface area contributed by atoms with Crippen LogP contribution in [0.1, 0.15) is 11.4 Å². The first-order valence-electron chi connectivity index (χ1n) is 6.72. The van der Waals surface area contributed by atoms with Crippen LogP contribution in [0.4, 0.5) is 0 Å². The van der Waals surface area contributed by atoms with Gasteiger partial charge in [-0.2, -0.15) is 0 Å². The molecule has 6 nitrogen and oxygen atoms in total. The second-order valence-corrected chi connectivity index (χ2v) is 6.66. The Morgan fingerprint density at radius 1 is 1.33 bits per heavy atom. The minimum atomic E-state index is -4.58. The normalized spacial score (nSPS) is 15.3. The van der Waals surface area contributed by atoms with Gasteiger partial charge in [0.2, 0.25) is 0 Å². The third-order valence-corrected chi connectivity index (χ3v) is 4.38. The number of nitrogens with one attached hydrogen (secondary N) is 1. The fourth-order valence-electron chi connectivity index (χ4n) is 2.45. The van der Waals surface area contributed by atoms with Gasteiger partial charge in [0.05, 0.1) is 0 Å². The molecule has 0 aliphatic carbocycles. The Balaban J connectivity index is 2.53. The second-order valence-electron chi connectivity index (χ2n) is 5.50. The van der Waals surface area contributed by atoms with E-state index in [0.717, 1.165) is 16.5 Å². The van der Waals surface area contributed by atoms with Crippen molar-refractivity contribution in [2.75, 3.05) is 14.1 Å². The number of phosphoric ester groups is 1. The van der Waals surface area contributed by atoms with Gasteiger partial charge in [0.25, 0.3) is 0 Å². The monoisotopic (exact) mass is 308 g/mol. The summed E-state index contributed by atoms with van der Waals surface area (Å²) in [6.45, 7) is 0. The minimum Gasteiger partial charge on any atom is -0.404 e. The maximum atomic E-state index is 11.1. The van der Waals surface area contributed by atoms with Crippen LogP contribution in [-0.4, -0.2) is 55.4 Å². The lowest BCUT2D eigenvalue weighted by Crippen LogP contribution is -2.34. The molecule has 0 spiro atoms. The minimum absolute atomic E-state index is 0.176. The third kappa shape index (κ3) is 3.52. The zero-order chi connectivity index (χ0) is 15.8. The number of rotatable bonds is 5. The van der Waals surface area contributed by atoms with Crippen LogP contribution in [0.3, 0.4) is 0 Å². The van der Waals surface area contributed by atoms with Crippen molar-refractivity contribution in [2.24, 2.45) is 0 Å². The maximum absolute atomic E-state index is 11.1. The molecular weight excluding hydrogens is 289 g/mol. The summed E-state index contributed by atoms with van der Waals surface area (Å²) in [5, 5.41) is 0.724.